The molecule has 1 aromatic rings. The Labute approximate surface area is 79.6 Å². The van der Waals surface area contributed by atoms with Crippen LogP contribution in [0.3, 0.4) is 0 Å². The summed E-state index contributed by atoms with van der Waals surface area (Å²) < 4.78 is 0. The van der Waals surface area contributed by atoms with Crippen LogP contribution in [0.15, 0.2) is 12.1 Å². The maximum Gasteiger partial charge on any atom is 0.0640 e. The topological polar surface area (TPSA) is 16.1 Å². The van der Waals surface area contributed by atoms with Crippen LogP contribution in [0.1, 0.15) is 24.7 Å². The monoisotopic (exact) mass is 176 g/mol. The largest absolute Gasteiger partial charge is 0.373 e. The second kappa shape index (κ2) is 3.36. The Morgan fingerprint density at radius 1 is 1.46 bits per heavy atom. The molecule has 2 heteroatoms. The number of hydrogen-bond acceptors (Lipinski definition) is 2. The molecule has 0 aromatic carbocycles. The maximum absolute atomic E-state index is 4.64. The number of fused-ring (bicyclic) bond motifs is 1. The average Bonchev–Trinajstić information content (AvgIpc) is 2.18. The number of rotatable bonds is 1. The summed E-state index contributed by atoms with van der Waals surface area (Å²) in [6.07, 6.45) is 3.42. The minimum atomic E-state index is 1.04. The standard InChI is InChI=1S/C11H16N2/c1-3-9-6-7-11-10(12-9)5-4-8-13(11)2/h6-7H,3-5,8H2,1-2H3. The van der Waals surface area contributed by atoms with Crippen LogP contribution in [0.2, 0.25) is 0 Å². The number of aryl methyl sites for hydroxylation is 2. The Morgan fingerprint density at radius 3 is 3.08 bits per heavy atom. The third-order valence-corrected chi connectivity index (χ3v) is 2.69. The van der Waals surface area contributed by atoms with Crippen LogP contribution >= 0.6 is 0 Å². The van der Waals surface area contributed by atoms with Gasteiger partial charge in [-0.15, -0.1) is 0 Å². The fourth-order valence-corrected chi connectivity index (χ4v) is 1.87. The first-order chi connectivity index (χ1) is 6.31. The SMILES string of the molecule is CCc1ccc2c(n1)CCCN2C. The van der Waals surface area contributed by atoms with Gasteiger partial charge in [0.25, 0.3) is 0 Å². The van der Waals surface area contributed by atoms with Gasteiger partial charge >= 0.3 is 0 Å². The molecule has 1 aliphatic rings. The van der Waals surface area contributed by atoms with Crippen molar-refractivity contribution in [2.75, 3.05) is 18.5 Å². The van der Waals surface area contributed by atoms with Gasteiger partial charge in [-0.3, -0.25) is 4.98 Å². The molecule has 0 spiro atoms. The molecule has 0 radical (unpaired) electrons. The van der Waals surface area contributed by atoms with E-state index in [9.17, 15) is 0 Å². The van der Waals surface area contributed by atoms with Crippen LogP contribution in [0.4, 0.5) is 5.69 Å². The minimum Gasteiger partial charge on any atom is -0.373 e. The quantitative estimate of drug-likeness (QED) is 0.651. The van der Waals surface area contributed by atoms with Crippen molar-refractivity contribution in [1.29, 1.82) is 0 Å². The molecule has 70 valence electrons. The molecule has 2 rings (SSSR count). The van der Waals surface area contributed by atoms with Gasteiger partial charge in [0.05, 0.1) is 11.4 Å². The van der Waals surface area contributed by atoms with Crippen molar-refractivity contribution in [2.45, 2.75) is 26.2 Å². The summed E-state index contributed by atoms with van der Waals surface area (Å²) in [4.78, 5) is 6.94. The maximum atomic E-state index is 4.64. The molecule has 0 unspecified atom stereocenters. The zero-order valence-electron chi connectivity index (χ0n) is 8.38. The van der Waals surface area contributed by atoms with Gasteiger partial charge in [0, 0.05) is 19.3 Å². The van der Waals surface area contributed by atoms with Crippen LogP contribution in [-0.2, 0) is 12.8 Å². The highest BCUT2D eigenvalue weighted by Gasteiger charge is 2.14. The first kappa shape index (κ1) is 8.54. The summed E-state index contributed by atoms with van der Waals surface area (Å²) in [5, 5.41) is 0. The molecule has 0 aliphatic carbocycles. The highest BCUT2D eigenvalue weighted by Crippen LogP contribution is 2.24. The lowest BCUT2D eigenvalue weighted by Crippen LogP contribution is -2.25. The second-order valence-electron chi connectivity index (χ2n) is 3.65. The number of hydrogen-bond donors (Lipinski definition) is 0. The summed E-state index contributed by atoms with van der Waals surface area (Å²) in [7, 11) is 2.14. The average molecular weight is 176 g/mol. The zero-order chi connectivity index (χ0) is 9.26. The van der Waals surface area contributed by atoms with Crippen LogP contribution in [0.25, 0.3) is 0 Å². The highest BCUT2D eigenvalue weighted by molar-refractivity contribution is 5.52. The summed E-state index contributed by atoms with van der Waals surface area (Å²) in [5.41, 5.74) is 3.82. The number of aromatic nitrogens is 1. The first-order valence-corrected chi connectivity index (χ1v) is 5.01. The van der Waals surface area contributed by atoms with Gasteiger partial charge in [-0.05, 0) is 31.4 Å². The van der Waals surface area contributed by atoms with Crippen molar-refractivity contribution in [2.24, 2.45) is 0 Å². The normalized spacial score (nSPS) is 15.7. The van der Waals surface area contributed by atoms with Crippen LogP contribution < -0.4 is 4.90 Å². The molecule has 1 aliphatic heterocycles. The fourth-order valence-electron chi connectivity index (χ4n) is 1.87. The second-order valence-corrected chi connectivity index (χ2v) is 3.65. The predicted octanol–water partition coefficient (Wildman–Crippen LogP) is 2.03. The van der Waals surface area contributed by atoms with E-state index in [0.717, 1.165) is 12.8 Å². The third-order valence-electron chi connectivity index (χ3n) is 2.69. The molecular formula is C11H16N2. The summed E-state index contributed by atoms with van der Waals surface area (Å²) in [6, 6.07) is 4.35. The molecule has 0 amide bonds. The third kappa shape index (κ3) is 1.53. The molecule has 0 saturated carbocycles. The van der Waals surface area contributed by atoms with Gasteiger partial charge in [0.2, 0.25) is 0 Å². The van der Waals surface area contributed by atoms with Crippen molar-refractivity contribution in [3.05, 3.63) is 23.5 Å². The van der Waals surface area contributed by atoms with E-state index < -0.39 is 0 Å². The van der Waals surface area contributed by atoms with Crippen molar-refractivity contribution >= 4 is 5.69 Å². The van der Waals surface area contributed by atoms with E-state index >= 15 is 0 Å². The van der Waals surface area contributed by atoms with Gasteiger partial charge in [0.1, 0.15) is 0 Å². The lowest BCUT2D eigenvalue weighted by molar-refractivity contribution is 0.719. The van der Waals surface area contributed by atoms with E-state index in [0.29, 0.717) is 0 Å². The molecule has 0 bridgehead atoms. The number of nitrogens with zero attached hydrogens (tertiary/aromatic N) is 2. The van der Waals surface area contributed by atoms with Gasteiger partial charge < -0.3 is 4.90 Å². The number of pyridine rings is 1. The van der Waals surface area contributed by atoms with Crippen molar-refractivity contribution < 1.29 is 0 Å². The van der Waals surface area contributed by atoms with Crippen molar-refractivity contribution in [1.82, 2.24) is 4.98 Å². The molecule has 2 nitrogen and oxygen atoms in total. The molecule has 0 N–H and O–H groups in total. The molecule has 13 heavy (non-hydrogen) atoms. The number of anilines is 1. The van der Waals surface area contributed by atoms with Crippen LogP contribution in [0.5, 0.6) is 0 Å². The summed E-state index contributed by atoms with van der Waals surface area (Å²) in [5.74, 6) is 0. The summed E-state index contributed by atoms with van der Waals surface area (Å²) in [6.45, 7) is 3.32. The molecule has 0 saturated heterocycles. The van der Waals surface area contributed by atoms with E-state index in [1.165, 1.54) is 30.0 Å². The molecular weight excluding hydrogens is 160 g/mol. The lowest BCUT2D eigenvalue weighted by atomic mass is 10.1. The van der Waals surface area contributed by atoms with Crippen molar-refractivity contribution in [3.8, 4) is 0 Å². The van der Waals surface area contributed by atoms with Gasteiger partial charge in [0.15, 0.2) is 0 Å². The Bertz CT molecular complexity index is 307. The minimum absolute atomic E-state index is 1.04. The zero-order valence-corrected chi connectivity index (χ0v) is 8.38. The van der Waals surface area contributed by atoms with Gasteiger partial charge in [-0.2, -0.15) is 0 Å². The highest BCUT2D eigenvalue weighted by atomic mass is 15.1. The van der Waals surface area contributed by atoms with E-state index in [1.807, 2.05) is 0 Å². The predicted molar refractivity (Wildman–Crippen MR) is 55.2 cm³/mol. The Kier molecular flexibility index (Phi) is 2.21. The van der Waals surface area contributed by atoms with E-state index in [2.05, 4.69) is 36.0 Å². The first-order valence-electron chi connectivity index (χ1n) is 5.01. The van der Waals surface area contributed by atoms with Gasteiger partial charge in [-0.1, -0.05) is 6.92 Å². The molecule has 0 fully saturated rings. The smallest absolute Gasteiger partial charge is 0.0640 e. The Balaban J connectivity index is 2.39. The summed E-state index contributed by atoms with van der Waals surface area (Å²) >= 11 is 0. The Hall–Kier alpha value is -1.05. The molecule has 1 aromatic heterocycles. The van der Waals surface area contributed by atoms with E-state index in [-0.39, 0.29) is 0 Å². The Morgan fingerprint density at radius 2 is 2.31 bits per heavy atom. The van der Waals surface area contributed by atoms with E-state index in [4.69, 9.17) is 0 Å². The van der Waals surface area contributed by atoms with Crippen molar-refractivity contribution in [3.63, 3.8) is 0 Å². The molecule has 0 atom stereocenters. The van der Waals surface area contributed by atoms with Crippen LogP contribution in [0, 0.1) is 0 Å². The van der Waals surface area contributed by atoms with Crippen LogP contribution in [-0.4, -0.2) is 18.6 Å². The lowest BCUT2D eigenvalue weighted by Gasteiger charge is -2.26. The van der Waals surface area contributed by atoms with E-state index in [1.54, 1.807) is 0 Å². The van der Waals surface area contributed by atoms with Gasteiger partial charge in [-0.25, -0.2) is 0 Å². The molecule has 2 heterocycles. The fraction of sp³-hybridized carbons (Fsp3) is 0.545.